The van der Waals surface area contributed by atoms with Gasteiger partial charge in [0.1, 0.15) is 5.82 Å². The predicted molar refractivity (Wildman–Crippen MR) is 131 cm³/mol. The number of fused-ring (bicyclic) bond motifs is 1. The second-order valence-corrected chi connectivity index (χ2v) is 8.66. The third kappa shape index (κ3) is 4.16. The number of hydrogen-bond acceptors (Lipinski definition) is 3. The molecule has 2 aromatic heterocycles. The molecule has 0 spiro atoms. The molecular formula is C25H17Cl2FN4O2. The number of nitrogens with zero attached hydrogens (tertiary/aromatic N) is 4. The molecule has 0 bridgehead atoms. The average molecular weight is 495 g/mol. The summed E-state index contributed by atoms with van der Waals surface area (Å²) in [5.74, 6) is -0.398. The number of halogens is 3. The van der Waals surface area contributed by atoms with Crippen molar-refractivity contribution in [1.29, 1.82) is 0 Å². The molecule has 0 radical (unpaired) electrons. The molecule has 2 heterocycles. The molecule has 3 aromatic carbocycles. The third-order valence-corrected chi connectivity index (χ3v) is 5.97. The lowest BCUT2D eigenvalue weighted by Crippen LogP contribution is -2.40. The summed E-state index contributed by atoms with van der Waals surface area (Å²) >= 11 is 12.2. The normalized spacial score (nSPS) is 11.3. The van der Waals surface area contributed by atoms with Gasteiger partial charge in [-0.05, 0) is 59.7 Å². The van der Waals surface area contributed by atoms with Crippen LogP contribution in [0.15, 0.2) is 88.7 Å². The summed E-state index contributed by atoms with van der Waals surface area (Å²) in [6.45, 7) is 0.311. The number of rotatable bonds is 5. The number of imidazole rings is 1. The fraction of sp³-hybridized carbons (Fsp3) is 0.0800. The van der Waals surface area contributed by atoms with Gasteiger partial charge in [0.25, 0.3) is 5.56 Å². The lowest BCUT2D eigenvalue weighted by atomic mass is 10.2. The zero-order valence-corrected chi connectivity index (χ0v) is 19.2. The van der Waals surface area contributed by atoms with Crippen LogP contribution in [-0.4, -0.2) is 18.7 Å². The Hall–Kier alpha value is -3.68. The monoisotopic (exact) mass is 494 g/mol. The van der Waals surface area contributed by atoms with Crippen molar-refractivity contribution in [3.05, 3.63) is 127 Å². The number of hydrogen-bond donors (Lipinski definition) is 0. The second kappa shape index (κ2) is 8.93. The fourth-order valence-electron chi connectivity index (χ4n) is 3.87. The first-order valence-electron chi connectivity index (χ1n) is 10.4. The van der Waals surface area contributed by atoms with Crippen molar-refractivity contribution >= 4 is 34.4 Å². The van der Waals surface area contributed by atoms with Gasteiger partial charge in [0.2, 0.25) is 0 Å². The predicted octanol–water partition coefficient (Wildman–Crippen LogP) is 4.89. The Bertz CT molecular complexity index is 1620. The topological polar surface area (TPSA) is 61.8 Å². The first-order chi connectivity index (χ1) is 16.4. The minimum absolute atomic E-state index is 0.0240. The maximum Gasteiger partial charge on any atom is 0.337 e. The highest BCUT2D eigenvalue weighted by atomic mass is 35.5. The van der Waals surface area contributed by atoms with Gasteiger partial charge in [0.05, 0.1) is 18.6 Å². The maximum atomic E-state index is 13.6. The molecule has 5 aromatic rings. The molecule has 5 rings (SSSR count). The SMILES string of the molecule is O=c1c2c(ncn2Cc2cccc(Cl)c2)n(-c2ccc(Cl)cc2)c(=O)n1Cc1ccc(F)cc1. The average Bonchev–Trinajstić information content (AvgIpc) is 3.22. The molecule has 6 nitrogen and oxygen atoms in total. The maximum absolute atomic E-state index is 13.6. The van der Waals surface area contributed by atoms with E-state index in [1.54, 1.807) is 53.1 Å². The van der Waals surface area contributed by atoms with Gasteiger partial charge in [0.15, 0.2) is 11.2 Å². The standard InChI is InChI=1S/C25H17Cl2FN4O2/c26-18-6-10-21(11-7-18)32-23-22(30(15-29-23)13-17-2-1-3-19(27)12-17)24(33)31(25(32)34)14-16-4-8-20(28)9-5-16/h1-12,15H,13-14H2. The Labute approximate surface area is 203 Å². The van der Waals surface area contributed by atoms with E-state index in [1.807, 2.05) is 12.1 Å². The fourth-order valence-corrected chi connectivity index (χ4v) is 4.21. The van der Waals surface area contributed by atoms with E-state index in [0.29, 0.717) is 27.8 Å². The van der Waals surface area contributed by atoms with E-state index in [9.17, 15) is 14.0 Å². The van der Waals surface area contributed by atoms with Crippen LogP contribution in [0.1, 0.15) is 11.1 Å². The highest BCUT2D eigenvalue weighted by Gasteiger charge is 2.20. The third-order valence-electron chi connectivity index (χ3n) is 5.48. The smallest absolute Gasteiger partial charge is 0.320 e. The molecule has 0 aliphatic heterocycles. The molecule has 34 heavy (non-hydrogen) atoms. The molecule has 0 amide bonds. The van der Waals surface area contributed by atoms with Gasteiger partial charge in [-0.25, -0.2) is 18.7 Å². The van der Waals surface area contributed by atoms with Crippen LogP contribution in [0.4, 0.5) is 4.39 Å². The molecule has 9 heteroatoms. The minimum Gasteiger partial charge on any atom is -0.320 e. The molecule has 170 valence electrons. The second-order valence-electron chi connectivity index (χ2n) is 7.79. The van der Waals surface area contributed by atoms with Crippen molar-refractivity contribution in [2.24, 2.45) is 0 Å². The Morgan fingerprint density at radius 3 is 2.26 bits per heavy atom. The van der Waals surface area contributed by atoms with Gasteiger partial charge >= 0.3 is 5.69 Å². The van der Waals surface area contributed by atoms with E-state index < -0.39 is 17.1 Å². The Morgan fingerprint density at radius 1 is 0.824 bits per heavy atom. The van der Waals surface area contributed by atoms with Crippen molar-refractivity contribution in [1.82, 2.24) is 18.7 Å². The Morgan fingerprint density at radius 2 is 1.56 bits per heavy atom. The van der Waals surface area contributed by atoms with Crippen molar-refractivity contribution in [3.8, 4) is 5.69 Å². The molecule has 0 unspecified atom stereocenters. The van der Waals surface area contributed by atoms with Crippen LogP contribution >= 0.6 is 23.2 Å². The van der Waals surface area contributed by atoms with Gasteiger partial charge in [-0.15, -0.1) is 0 Å². The van der Waals surface area contributed by atoms with Crippen molar-refractivity contribution in [2.45, 2.75) is 13.1 Å². The summed E-state index contributed by atoms with van der Waals surface area (Å²) in [7, 11) is 0. The summed E-state index contributed by atoms with van der Waals surface area (Å²) in [6.07, 6.45) is 1.53. The van der Waals surface area contributed by atoms with Crippen molar-refractivity contribution in [2.75, 3.05) is 0 Å². The van der Waals surface area contributed by atoms with E-state index in [2.05, 4.69) is 4.98 Å². The summed E-state index contributed by atoms with van der Waals surface area (Å²) in [5, 5.41) is 1.09. The lowest BCUT2D eigenvalue weighted by molar-refractivity contribution is 0.624. The van der Waals surface area contributed by atoms with E-state index in [1.165, 1.54) is 23.0 Å². The molecule has 0 saturated heterocycles. The molecule has 0 saturated carbocycles. The van der Waals surface area contributed by atoms with E-state index in [-0.39, 0.29) is 17.7 Å². The summed E-state index contributed by atoms with van der Waals surface area (Å²) < 4.78 is 17.6. The van der Waals surface area contributed by atoms with Crippen LogP contribution in [0.5, 0.6) is 0 Å². The summed E-state index contributed by atoms with van der Waals surface area (Å²) in [5.41, 5.74) is 1.45. The molecule has 0 N–H and O–H groups in total. The molecule has 0 aliphatic carbocycles. The summed E-state index contributed by atoms with van der Waals surface area (Å²) in [4.78, 5) is 31.5. The van der Waals surface area contributed by atoms with Crippen LogP contribution < -0.4 is 11.2 Å². The number of benzene rings is 3. The molecule has 0 aliphatic rings. The van der Waals surface area contributed by atoms with Crippen LogP contribution in [0.2, 0.25) is 10.0 Å². The van der Waals surface area contributed by atoms with Crippen molar-refractivity contribution < 1.29 is 4.39 Å². The van der Waals surface area contributed by atoms with E-state index in [4.69, 9.17) is 23.2 Å². The molecular weight excluding hydrogens is 478 g/mol. The quantitative estimate of drug-likeness (QED) is 0.349. The highest BCUT2D eigenvalue weighted by Crippen LogP contribution is 2.18. The minimum atomic E-state index is -0.558. The number of aromatic nitrogens is 4. The van der Waals surface area contributed by atoms with Crippen molar-refractivity contribution in [3.63, 3.8) is 0 Å². The highest BCUT2D eigenvalue weighted by molar-refractivity contribution is 6.30. The largest absolute Gasteiger partial charge is 0.337 e. The lowest BCUT2D eigenvalue weighted by Gasteiger charge is -2.13. The van der Waals surface area contributed by atoms with Crippen LogP contribution in [0, 0.1) is 5.82 Å². The van der Waals surface area contributed by atoms with Gasteiger partial charge in [0, 0.05) is 16.6 Å². The van der Waals surface area contributed by atoms with E-state index in [0.717, 1.165) is 10.1 Å². The summed E-state index contributed by atoms with van der Waals surface area (Å²) in [6, 6.07) is 19.7. The molecule has 0 fully saturated rings. The van der Waals surface area contributed by atoms with Crippen LogP contribution in [0.25, 0.3) is 16.9 Å². The van der Waals surface area contributed by atoms with Crippen LogP contribution in [-0.2, 0) is 13.1 Å². The molecule has 0 atom stereocenters. The van der Waals surface area contributed by atoms with Crippen LogP contribution in [0.3, 0.4) is 0 Å². The van der Waals surface area contributed by atoms with E-state index >= 15 is 0 Å². The van der Waals surface area contributed by atoms with Gasteiger partial charge in [-0.3, -0.25) is 9.36 Å². The zero-order valence-electron chi connectivity index (χ0n) is 17.7. The Kier molecular flexibility index (Phi) is 5.81. The first-order valence-corrected chi connectivity index (χ1v) is 11.1. The zero-order chi connectivity index (χ0) is 23.8. The Balaban J connectivity index is 1.74. The van der Waals surface area contributed by atoms with Gasteiger partial charge in [-0.1, -0.05) is 47.5 Å². The van der Waals surface area contributed by atoms with Gasteiger partial charge in [-0.2, -0.15) is 0 Å². The first kappa shape index (κ1) is 22.1. The van der Waals surface area contributed by atoms with Gasteiger partial charge < -0.3 is 4.57 Å².